The number of amidine groups is 1. The van der Waals surface area contributed by atoms with Crippen LogP contribution in [0.25, 0.3) is 22.0 Å². The van der Waals surface area contributed by atoms with E-state index in [2.05, 4.69) is 65.6 Å². The van der Waals surface area contributed by atoms with Crippen LogP contribution in [0.1, 0.15) is 11.8 Å². The van der Waals surface area contributed by atoms with Gasteiger partial charge in [0.05, 0.1) is 12.1 Å². The molecule has 1 N–H and O–H groups in total. The summed E-state index contributed by atoms with van der Waals surface area (Å²) >= 11 is 0. The molecule has 1 atom stereocenters. The van der Waals surface area contributed by atoms with Gasteiger partial charge in [0.2, 0.25) is 6.23 Å². The zero-order chi connectivity index (χ0) is 22.7. The fourth-order valence-corrected chi connectivity index (χ4v) is 4.54. The highest BCUT2D eigenvalue weighted by atomic mass is 16.7. The maximum Gasteiger partial charge on any atom is 0.203 e. The van der Waals surface area contributed by atoms with Gasteiger partial charge in [0.1, 0.15) is 5.84 Å². The zero-order valence-electron chi connectivity index (χ0n) is 18.7. The van der Waals surface area contributed by atoms with Gasteiger partial charge in [-0.15, -0.1) is 0 Å². The smallest absolute Gasteiger partial charge is 0.203 e. The Bertz CT molecular complexity index is 1300. The maximum atomic E-state index is 5.63. The monoisotopic (exact) mass is 451 g/mol. The molecule has 6 rings (SSSR count). The number of pyridine rings is 3. The minimum atomic E-state index is -0.329. The molecule has 34 heavy (non-hydrogen) atoms. The van der Waals surface area contributed by atoms with E-state index in [1.807, 2.05) is 30.6 Å². The average Bonchev–Trinajstić information content (AvgIpc) is 3.38. The number of nitrogens with one attached hydrogen (secondary N) is 1. The first-order valence-electron chi connectivity index (χ1n) is 11.5. The molecule has 1 aromatic carbocycles. The van der Waals surface area contributed by atoms with Crippen LogP contribution < -0.4 is 10.4 Å². The van der Waals surface area contributed by atoms with E-state index in [9.17, 15) is 0 Å². The van der Waals surface area contributed by atoms with E-state index in [1.165, 1.54) is 11.1 Å². The average molecular weight is 452 g/mol. The van der Waals surface area contributed by atoms with Crippen LogP contribution >= 0.6 is 0 Å². The van der Waals surface area contributed by atoms with Crippen molar-refractivity contribution in [2.24, 2.45) is 4.99 Å². The van der Waals surface area contributed by atoms with E-state index in [1.54, 1.807) is 18.6 Å². The third-order valence-electron chi connectivity index (χ3n) is 6.33. The molecular weight excluding hydrogens is 426 g/mol. The summed E-state index contributed by atoms with van der Waals surface area (Å²) < 4.78 is 0. The van der Waals surface area contributed by atoms with Crippen LogP contribution in [0, 0.1) is 0 Å². The number of aliphatic imine (C=N–C) groups is 1. The van der Waals surface area contributed by atoms with Gasteiger partial charge in [-0.25, -0.2) is 15.3 Å². The molecule has 0 spiro atoms. The van der Waals surface area contributed by atoms with Crippen molar-refractivity contribution in [3.63, 3.8) is 0 Å². The first kappa shape index (κ1) is 20.7. The number of piperazine rings is 1. The molecule has 5 heterocycles. The quantitative estimate of drug-likeness (QED) is 0.498. The lowest BCUT2D eigenvalue weighted by molar-refractivity contribution is 0.0363. The van der Waals surface area contributed by atoms with Crippen molar-refractivity contribution in [2.45, 2.75) is 6.23 Å². The summed E-state index contributed by atoms with van der Waals surface area (Å²) in [6.07, 6.45) is 8.80. The topological polar surface area (TPSA) is 78.8 Å². The molecule has 8 heteroatoms. The van der Waals surface area contributed by atoms with Crippen molar-refractivity contribution < 1.29 is 4.84 Å². The number of hydroxylamine groups is 1. The number of rotatable bonds is 5. The van der Waals surface area contributed by atoms with Gasteiger partial charge in [-0.2, -0.15) is 0 Å². The summed E-state index contributed by atoms with van der Waals surface area (Å²) in [5.41, 5.74) is 8.41. The molecule has 170 valence electrons. The van der Waals surface area contributed by atoms with Crippen LogP contribution in [-0.4, -0.2) is 58.4 Å². The van der Waals surface area contributed by atoms with Gasteiger partial charge in [-0.3, -0.25) is 19.9 Å². The predicted octanol–water partition coefficient (Wildman–Crippen LogP) is 3.45. The Morgan fingerprint density at radius 1 is 0.882 bits per heavy atom. The van der Waals surface area contributed by atoms with E-state index in [-0.39, 0.29) is 6.23 Å². The molecule has 0 saturated carbocycles. The normalized spacial score (nSPS) is 18.6. The second kappa shape index (κ2) is 9.17. The largest absolute Gasteiger partial charge is 0.368 e. The molecule has 3 aromatic heterocycles. The van der Waals surface area contributed by atoms with Gasteiger partial charge in [-0.1, -0.05) is 24.3 Å². The third kappa shape index (κ3) is 4.21. The first-order chi connectivity index (χ1) is 16.8. The minimum Gasteiger partial charge on any atom is -0.368 e. The second-order valence-corrected chi connectivity index (χ2v) is 8.50. The summed E-state index contributed by atoms with van der Waals surface area (Å²) in [5, 5.41) is 1.18. The summed E-state index contributed by atoms with van der Waals surface area (Å²) in [5.74, 6) is 0.861. The number of aromatic nitrogens is 3. The summed E-state index contributed by atoms with van der Waals surface area (Å²) in [7, 11) is 0. The Kier molecular flexibility index (Phi) is 5.58. The molecule has 1 saturated heterocycles. The first-order valence-corrected chi connectivity index (χ1v) is 11.5. The van der Waals surface area contributed by atoms with Crippen LogP contribution in [0.5, 0.6) is 0 Å². The van der Waals surface area contributed by atoms with E-state index >= 15 is 0 Å². The van der Waals surface area contributed by atoms with Crippen LogP contribution in [0.15, 0.2) is 84.5 Å². The second-order valence-electron chi connectivity index (χ2n) is 8.50. The number of anilines is 1. The van der Waals surface area contributed by atoms with Crippen molar-refractivity contribution in [2.75, 3.05) is 37.6 Å². The molecule has 2 aliphatic heterocycles. The van der Waals surface area contributed by atoms with E-state index < -0.39 is 0 Å². The van der Waals surface area contributed by atoms with Gasteiger partial charge < -0.3 is 4.90 Å². The van der Waals surface area contributed by atoms with Gasteiger partial charge in [0.15, 0.2) is 0 Å². The van der Waals surface area contributed by atoms with Crippen LogP contribution in [-0.2, 0) is 4.84 Å². The van der Waals surface area contributed by atoms with Crippen molar-refractivity contribution >= 4 is 22.4 Å². The number of fused-ring (bicyclic) bond motifs is 1. The molecule has 0 radical (unpaired) electrons. The lowest BCUT2D eigenvalue weighted by atomic mass is 10.0. The molecule has 8 nitrogen and oxygen atoms in total. The lowest BCUT2D eigenvalue weighted by Crippen LogP contribution is -2.49. The highest BCUT2D eigenvalue weighted by molar-refractivity contribution is 5.94. The lowest BCUT2D eigenvalue weighted by Gasteiger charge is -2.36. The van der Waals surface area contributed by atoms with Crippen LogP contribution in [0.2, 0.25) is 0 Å². The molecule has 0 aliphatic carbocycles. The Hall–Kier alpha value is -3.88. The number of nitrogens with zero attached hydrogens (tertiary/aromatic N) is 6. The fourth-order valence-electron chi connectivity index (χ4n) is 4.54. The SMILES string of the molecule is c1cncc(-c2ccc3c(N4CCN(CC5=NC(c6cccnc6)ON5)CC4)ccnc3c2)c1. The van der Waals surface area contributed by atoms with Gasteiger partial charge in [0, 0.05) is 79.4 Å². The van der Waals surface area contributed by atoms with Gasteiger partial charge in [-0.05, 0) is 29.8 Å². The summed E-state index contributed by atoms with van der Waals surface area (Å²) in [6.45, 7) is 4.55. The summed E-state index contributed by atoms with van der Waals surface area (Å²) in [6, 6.07) is 16.5. The third-order valence-corrected chi connectivity index (χ3v) is 6.33. The minimum absolute atomic E-state index is 0.329. The van der Waals surface area contributed by atoms with E-state index in [0.29, 0.717) is 0 Å². The Morgan fingerprint density at radius 2 is 1.74 bits per heavy atom. The Morgan fingerprint density at radius 3 is 2.53 bits per heavy atom. The molecular formula is C26H25N7O. The standard InChI is InChI=1S/C26H25N7O/c1-3-20(16-27-8-1)19-5-6-22-23(15-19)29-10-7-24(22)33-13-11-32(12-14-33)18-25-30-26(34-31-25)21-4-2-9-28-17-21/h1-10,15-17,26H,11-14,18H2,(H,30,31). The fraction of sp³-hybridized carbons (Fsp3) is 0.231. The van der Waals surface area contributed by atoms with E-state index in [0.717, 1.165) is 60.8 Å². The highest BCUT2D eigenvalue weighted by Gasteiger charge is 2.24. The molecule has 1 unspecified atom stereocenters. The maximum absolute atomic E-state index is 5.63. The highest BCUT2D eigenvalue weighted by Crippen LogP contribution is 2.30. The predicted molar refractivity (Wildman–Crippen MR) is 132 cm³/mol. The Labute approximate surface area is 197 Å². The molecule has 0 amide bonds. The van der Waals surface area contributed by atoms with Crippen LogP contribution in [0.3, 0.4) is 0 Å². The van der Waals surface area contributed by atoms with Gasteiger partial charge in [0.25, 0.3) is 0 Å². The Balaban J connectivity index is 1.12. The molecule has 4 aromatic rings. The van der Waals surface area contributed by atoms with Crippen molar-refractivity contribution in [1.82, 2.24) is 25.3 Å². The number of benzene rings is 1. The summed E-state index contributed by atoms with van der Waals surface area (Å²) in [4.78, 5) is 28.2. The zero-order valence-corrected chi connectivity index (χ0v) is 18.7. The van der Waals surface area contributed by atoms with Crippen molar-refractivity contribution in [3.05, 3.63) is 85.1 Å². The van der Waals surface area contributed by atoms with Crippen LogP contribution in [0.4, 0.5) is 5.69 Å². The number of hydrogen-bond acceptors (Lipinski definition) is 8. The van der Waals surface area contributed by atoms with Crippen molar-refractivity contribution in [1.29, 1.82) is 0 Å². The molecule has 2 aliphatic rings. The van der Waals surface area contributed by atoms with Crippen molar-refractivity contribution in [3.8, 4) is 11.1 Å². The van der Waals surface area contributed by atoms with E-state index in [4.69, 9.17) is 4.84 Å². The molecule has 1 fully saturated rings. The number of hydrogen-bond donors (Lipinski definition) is 1. The van der Waals surface area contributed by atoms with Gasteiger partial charge >= 0.3 is 0 Å². The molecule has 0 bridgehead atoms.